The first kappa shape index (κ1) is 49.4. The summed E-state index contributed by atoms with van der Waals surface area (Å²) in [6.45, 7) is 3.64. The van der Waals surface area contributed by atoms with Crippen molar-refractivity contribution in [2.45, 2.75) is 224 Å². The second kappa shape index (κ2) is 34.9. The van der Waals surface area contributed by atoms with Gasteiger partial charge in [0.25, 0.3) is 0 Å². The maximum Gasteiger partial charge on any atom is 0.220 e. The molecule has 1 heterocycles. The fourth-order valence-electron chi connectivity index (χ4n) is 6.65. The van der Waals surface area contributed by atoms with Crippen LogP contribution in [-0.4, -0.2) is 87.5 Å². The first-order valence-corrected chi connectivity index (χ1v) is 21.7. The fourth-order valence-corrected chi connectivity index (χ4v) is 6.65. The Morgan fingerprint density at radius 1 is 0.642 bits per heavy atom. The van der Waals surface area contributed by atoms with Crippen LogP contribution in [-0.2, 0) is 14.3 Å². The van der Waals surface area contributed by atoms with E-state index < -0.39 is 49.5 Å². The molecule has 0 bridgehead atoms. The Balaban J connectivity index is 2.14. The van der Waals surface area contributed by atoms with Gasteiger partial charge in [-0.1, -0.05) is 159 Å². The average Bonchev–Trinajstić information content (AvgIpc) is 3.16. The zero-order chi connectivity index (χ0) is 38.8. The summed E-state index contributed by atoms with van der Waals surface area (Å²) in [5.74, 6) is -0.186. The minimum Gasteiger partial charge on any atom is -0.394 e. The number of carbonyl (C=O) groups is 1. The minimum absolute atomic E-state index is 0.186. The molecule has 6 N–H and O–H groups in total. The Hall–Kier alpha value is -1.59. The molecule has 1 saturated heterocycles. The van der Waals surface area contributed by atoms with Gasteiger partial charge in [0.1, 0.15) is 24.4 Å². The topological polar surface area (TPSA) is 149 Å². The molecule has 1 amide bonds. The Morgan fingerprint density at radius 3 is 1.66 bits per heavy atom. The summed E-state index contributed by atoms with van der Waals surface area (Å²) < 4.78 is 11.1. The van der Waals surface area contributed by atoms with Gasteiger partial charge in [-0.2, -0.15) is 0 Å². The molecule has 0 saturated carbocycles. The van der Waals surface area contributed by atoms with Gasteiger partial charge in [0.15, 0.2) is 6.29 Å². The second-order valence-electron chi connectivity index (χ2n) is 15.1. The van der Waals surface area contributed by atoms with Crippen LogP contribution in [0.2, 0.25) is 0 Å². The van der Waals surface area contributed by atoms with Crippen molar-refractivity contribution in [1.29, 1.82) is 0 Å². The van der Waals surface area contributed by atoms with Crippen LogP contribution in [0.25, 0.3) is 0 Å². The number of aliphatic hydroxyl groups is 5. The zero-order valence-electron chi connectivity index (χ0n) is 33.8. The van der Waals surface area contributed by atoms with E-state index in [1.807, 2.05) is 6.08 Å². The molecule has 1 aliphatic heterocycles. The van der Waals surface area contributed by atoms with Crippen molar-refractivity contribution in [1.82, 2.24) is 5.32 Å². The molecular weight excluding hydrogens is 670 g/mol. The van der Waals surface area contributed by atoms with Crippen molar-refractivity contribution in [2.75, 3.05) is 13.2 Å². The lowest BCUT2D eigenvalue weighted by atomic mass is 9.99. The Kier molecular flexibility index (Phi) is 32.5. The maximum atomic E-state index is 12.8. The number of carbonyl (C=O) groups excluding carboxylic acids is 1. The zero-order valence-corrected chi connectivity index (χ0v) is 33.8. The van der Waals surface area contributed by atoms with Gasteiger partial charge < -0.3 is 40.3 Å². The summed E-state index contributed by atoms with van der Waals surface area (Å²) >= 11 is 0. The first-order chi connectivity index (χ1) is 25.8. The third-order valence-electron chi connectivity index (χ3n) is 10.2. The van der Waals surface area contributed by atoms with Crippen molar-refractivity contribution >= 4 is 5.91 Å². The van der Waals surface area contributed by atoms with Crippen LogP contribution in [0.1, 0.15) is 181 Å². The second-order valence-corrected chi connectivity index (χ2v) is 15.1. The van der Waals surface area contributed by atoms with E-state index in [2.05, 4.69) is 43.5 Å². The van der Waals surface area contributed by atoms with Crippen LogP contribution in [0.5, 0.6) is 0 Å². The summed E-state index contributed by atoms with van der Waals surface area (Å²) in [6.07, 6.45) is 35.3. The summed E-state index contributed by atoms with van der Waals surface area (Å²) in [5.41, 5.74) is 0. The normalized spacial score (nSPS) is 22.0. The van der Waals surface area contributed by atoms with E-state index in [1.165, 1.54) is 109 Å². The third-order valence-corrected chi connectivity index (χ3v) is 10.2. The molecule has 0 aromatic heterocycles. The van der Waals surface area contributed by atoms with Crippen LogP contribution >= 0.6 is 0 Å². The molecule has 310 valence electrons. The van der Waals surface area contributed by atoms with E-state index in [-0.39, 0.29) is 12.5 Å². The SMILES string of the molecule is CCCCC/C=C/C(O)C(COC1OC(CO)C(O)C(O)C1O)NC(=O)CCCCCCCCCCCCCCC/C=C\C/C=C\CCCCCCC. The Labute approximate surface area is 323 Å². The van der Waals surface area contributed by atoms with Crippen molar-refractivity contribution in [2.24, 2.45) is 0 Å². The Morgan fingerprint density at radius 2 is 1.11 bits per heavy atom. The molecule has 53 heavy (non-hydrogen) atoms. The lowest BCUT2D eigenvalue weighted by molar-refractivity contribution is -0.302. The highest BCUT2D eigenvalue weighted by atomic mass is 16.7. The number of amides is 1. The molecule has 1 aliphatic rings. The number of allylic oxidation sites excluding steroid dienone is 5. The summed E-state index contributed by atoms with van der Waals surface area (Å²) in [7, 11) is 0. The van der Waals surface area contributed by atoms with Gasteiger partial charge in [0.2, 0.25) is 5.91 Å². The van der Waals surface area contributed by atoms with Crippen LogP contribution in [0.4, 0.5) is 0 Å². The van der Waals surface area contributed by atoms with Crippen molar-refractivity contribution in [3.05, 3.63) is 36.5 Å². The van der Waals surface area contributed by atoms with Crippen LogP contribution in [0.3, 0.4) is 0 Å². The van der Waals surface area contributed by atoms with Gasteiger partial charge in [0, 0.05) is 6.42 Å². The standard InChI is InChI=1S/C44H81NO8/c1-3-5-7-9-10-11-12-13-14-15-16-17-18-19-20-21-22-23-24-25-26-27-28-30-32-34-40(48)45-37(38(47)33-31-29-8-6-4-2)36-52-44-43(51)42(50)41(49)39(35-46)53-44/h12-13,15-16,31,33,37-39,41-44,46-47,49-51H,3-11,14,17-30,32,34-36H2,1-2H3,(H,45,48)/b13-12-,16-15-,33-31+. The summed E-state index contributed by atoms with van der Waals surface area (Å²) in [6, 6.07) is -0.800. The van der Waals surface area contributed by atoms with E-state index in [0.29, 0.717) is 6.42 Å². The molecule has 7 unspecified atom stereocenters. The monoisotopic (exact) mass is 752 g/mol. The van der Waals surface area contributed by atoms with E-state index in [9.17, 15) is 30.3 Å². The maximum absolute atomic E-state index is 12.8. The van der Waals surface area contributed by atoms with Gasteiger partial charge in [-0.05, 0) is 51.4 Å². The Bertz CT molecular complexity index is 925. The minimum atomic E-state index is -1.56. The van der Waals surface area contributed by atoms with Crippen LogP contribution in [0.15, 0.2) is 36.5 Å². The number of hydrogen-bond acceptors (Lipinski definition) is 8. The number of nitrogens with one attached hydrogen (secondary N) is 1. The number of aliphatic hydroxyl groups excluding tert-OH is 5. The fraction of sp³-hybridized carbons (Fsp3) is 0.841. The molecule has 0 aromatic rings. The molecule has 0 radical (unpaired) electrons. The summed E-state index contributed by atoms with van der Waals surface area (Å²) in [5, 5.41) is 53.6. The van der Waals surface area contributed by atoms with Gasteiger partial charge >= 0.3 is 0 Å². The molecule has 0 aliphatic carbocycles. The van der Waals surface area contributed by atoms with Gasteiger partial charge in [0.05, 0.1) is 25.4 Å². The van der Waals surface area contributed by atoms with E-state index in [1.54, 1.807) is 6.08 Å². The predicted molar refractivity (Wildman–Crippen MR) is 216 cm³/mol. The van der Waals surface area contributed by atoms with E-state index >= 15 is 0 Å². The molecule has 9 heteroatoms. The third kappa shape index (κ3) is 26.0. The number of ether oxygens (including phenoxy) is 2. The molecule has 9 nitrogen and oxygen atoms in total. The molecule has 0 spiro atoms. The molecular formula is C44H81NO8. The quantitative estimate of drug-likeness (QED) is 0.0279. The largest absolute Gasteiger partial charge is 0.394 e. The predicted octanol–water partition coefficient (Wildman–Crippen LogP) is 8.50. The van der Waals surface area contributed by atoms with Crippen molar-refractivity contribution in [3.63, 3.8) is 0 Å². The average molecular weight is 752 g/mol. The molecule has 0 aromatic carbocycles. The smallest absolute Gasteiger partial charge is 0.220 e. The van der Waals surface area contributed by atoms with Gasteiger partial charge in [-0.25, -0.2) is 0 Å². The molecule has 7 atom stereocenters. The van der Waals surface area contributed by atoms with Gasteiger partial charge in [-0.15, -0.1) is 0 Å². The van der Waals surface area contributed by atoms with E-state index in [4.69, 9.17) is 9.47 Å². The highest BCUT2D eigenvalue weighted by Crippen LogP contribution is 2.22. The van der Waals surface area contributed by atoms with Crippen LogP contribution in [0, 0.1) is 0 Å². The highest BCUT2D eigenvalue weighted by Gasteiger charge is 2.44. The molecule has 1 fully saturated rings. The lowest BCUT2D eigenvalue weighted by Gasteiger charge is -2.40. The van der Waals surface area contributed by atoms with Crippen molar-refractivity contribution in [3.8, 4) is 0 Å². The van der Waals surface area contributed by atoms with Crippen LogP contribution < -0.4 is 5.32 Å². The summed E-state index contributed by atoms with van der Waals surface area (Å²) in [4.78, 5) is 12.8. The molecule has 1 rings (SSSR count). The van der Waals surface area contributed by atoms with Gasteiger partial charge in [-0.3, -0.25) is 4.79 Å². The number of unbranched alkanes of at least 4 members (excludes halogenated alkanes) is 21. The number of rotatable bonds is 35. The highest BCUT2D eigenvalue weighted by molar-refractivity contribution is 5.76. The van der Waals surface area contributed by atoms with Crippen molar-refractivity contribution < 1.29 is 39.8 Å². The number of hydrogen-bond donors (Lipinski definition) is 6. The van der Waals surface area contributed by atoms with E-state index in [0.717, 1.165) is 51.4 Å². The lowest BCUT2D eigenvalue weighted by Crippen LogP contribution is -2.60. The first-order valence-electron chi connectivity index (χ1n) is 21.7.